The Morgan fingerprint density at radius 1 is 1.19 bits per heavy atom. The van der Waals surface area contributed by atoms with Crippen molar-refractivity contribution in [3.63, 3.8) is 0 Å². The van der Waals surface area contributed by atoms with Gasteiger partial charge in [-0.15, -0.1) is 0 Å². The molecule has 1 fully saturated rings. The van der Waals surface area contributed by atoms with E-state index >= 15 is 0 Å². The first-order chi connectivity index (χ1) is 12.5. The molecule has 1 heterocycles. The Balaban J connectivity index is 1.79. The van der Waals surface area contributed by atoms with E-state index in [1.165, 1.54) is 11.8 Å². The minimum atomic E-state index is -0.181. The number of hydrogen-bond donors (Lipinski definition) is 1. The molecule has 2 aromatic carbocycles. The highest BCUT2D eigenvalue weighted by atomic mass is 35.5. The molecular weight excluding hydrogens is 390 g/mol. The highest BCUT2D eigenvalue weighted by molar-refractivity contribution is 8.26. The van der Waals surface area contributed by atoms with Gasteiger partial charge in [0.15, 0.2) is 11.5 Å². The molecule has 0 aliphatic carbocycles. The zero-order valence-electron chi connectivity index (χ0n) is 14.0. The lowest BCUT2D eigenvalue weighted by molar-refractivity contribution is -0.115. The van der Waals surface area contributed by atoms with E-state index in [4.69, 9.17) is 33.3 Å². The summed E-state index contributed by atoms with van der Waals surface area (Å²) in [5.41, 5.74) is 1.81. The molecule has 0 atom stereocenters. The summed E-state index contributed by atoms with van der Waals surface area (Å²) in [6, 6.07) is 13.1. The number of halogens is 1. The van der Waals surface area contributed by atoms with Gasteiger partial charge in [0.2, 0.25) is 0 Å². The summed E-state index contributed by atoms with van der Waals surface area (Å²) in [7, 11) is 0. The number of amides is 1. The second kappa shape index (κ2) is 8.58. The quantitative estimate of drug-likeness (QED) is 0.552. The highest BCUT2D eigenvalue weighted by Gasteiger charge is 2.22. The zero-order valence-corrected chi connectivity index (χ0v) is 16.3. The van der Waals surface area contributed by atoms with Crippen molar-refractivity contribution < 1.29 is 14.3 Å². The van der Waals surface area contributed by atoms with Gasteiger partial charge in [-0.2, -0.15) is 0 Å². The van der Waals surface area contributed by atoms with Crippen LogP contribution in [0.4, 0.5) is 0 Å². The van der Waals surface area contributed by atoms with Crippen molar-refractivity contribution >= 4 is 51.9 Å². The Hall–Kier alpha value is -2.02. The molecule has 1 amide bonds. The lowest BCUT2D eigenvalue weighted by atomic mass is 10.2. The first-order valence-electron chi connectivity index (χ1n) is 7.94. The fourth-order valence-electron chi connectivity index (χ4n) is 2.36. The van der Waals surface area contributed by atoms with Gasteiger partial charge < -0.3 is 14.8 Å². The molecule has 3 rings (SSSR count). The SMILES string of the molecule is CCOc1cc(/C=C2\SC(=S)NC2=O)ccc1OCc1cccc(Cl)c1. The molecule has 0 aromatic heterocycles. The summed E-state index contributed by atoms with van der Waals surface area (Å²) in [4.78, 5) is 12.4. The van der Waals surface area contributed by atoms with Gasteiger partial charge in [-0.1, -0.05) is 53.8 Å². The van der Waals surface area contributed by atoms with Crippen LogP contribution in [0.25, 0.3) is 6.08 Å². The minimum Gasteiger partial charge on any atom is -0.490 e. The van der Waals surface area contributed by atoms with Gasteiger partial charge in [0, 0.05) is 5.02 Å². The maximum atomic E-state index is 11.8. The average Bonchev–Trinajstić information content (AvgIpc) is 2.92. The number of thioether (sulfide) groups is 1. The number of carbonyl (C=O) groups is 1. The van der Waals surface area contributed by atoms with Crippen LogP contribution in [0.15, 0.2) is 47.4 Å². The molecule has 26 heavy (non-hydrogen) atoms. The van der Waals surface area contributed by atoms with Crippen molar-refractivity contribution in [3.8, 4) is 11.5 Å². The molecule has 0 unspecified atom stereocenters. The lowest BCUT2D eigenvalue weighted by Crippen LogP contribution is -2.17. The van der Waals surface area contributed by atoms with E-state index in [2.05, 4.69) is 5.32 Å². The molecular formula is C19H16ClNO3S2. The van der Waals surface area contributed by atoms with Crippen LogP contribution in [0.5, 0.6) is 11.5 Å². The molecule has 2 aromatic rings. The first-order valence-corrected chi connectivity index (χ1v) is 9.54. The summed E-state index contributed by atoms with van der Waals surface area (Å²) < 4.78 is 12.0. The van der Waals surface area contributed by atoms with Crippen molar-refractivity contribution in [2.75, 3.05) is 6.61 Å². The van der Waals surface area contributed by atoms with Crippen molar-refractivity contribution in [3.05, 3.63) is 63.5 Å². The first kappa shape index (κ1) is 18.8. The summed E-state index contributed by atoms with van der Waals surface area (Å²) in [6.45, 7) is 2.80. The average molecular weight is 406 g/mol. The number of nitrogens with one attached hydrogen (secondary N) is 1. The standard InChI is InChI=1S/C19H16ClNO3S2/c1-2-23-16-9-12(10-17-18(22)21-19(25)26-17)6-7-15(16)24-11-13-4-3-5-14(20)8-13/h3-10H,2,11H2,1H3,(H,21,22,25)/b17-10-. The molecule has 0 spiro atoms. The van der Waals surface area contributed by atoms with Crippen LogP contribution in [0.3, 0.4) is 0 Å². The fraction of sp³-hybridized carbons (Fsp3) is 0.158. The molecule has 134 valence electrons. The van der Waals surface area contributed by atoms with Gasteiger partial charge in [-0.05, 0) is 48.4 Å². The predicted octanol–water partition coefficient (Wildman–Crippen LogP) is 4.81. The number of thiocarbonyl (C=S) groups is 1. The van der Waals surface area contributed by atoms with Gasteiger partial charge in [0.25, 0.3) is 5.91 Å². The number of rotatable bonds is 6. The number of ether oxygens (including phenoxy) is 2. The second-order valence-corrected chi connectivity index (χ2v) is 7.57. The molecule has 0 saturated carbocycles. The summed E-state index contributed by atoms with van der Waals surface area (Å²) in [5, 5.41) is 3.27. The third kappa shape index (κ3) is 4.78. The van der Waals surface area contributed by atoms with E-state index in [9.17, 15) is 4.79 Å². The van der Waals surface area contributed by atoms with Crippen LogP contribution in [-0.2, 0) is 11.4 Å². The highest BCUT2D eigenvalue weighted by Crippen LogP contribution is 2.32. The van der Waals surface area contributed by atoms with Crippen LogP contribution in [-0.4, -0.2) is 16.8 Å². The summed E-state index contributed by atoms with van der Waals surface area (Å²) >= 11 is 12.3. The molecule has 0 bridgehead atoms. The van der Waals surface area contributed by atoms with Crippen LogP contribution < -0.4 is 14.8 Å². The van der Waals surface area contributed by atoms with E-state index in [0.29, 0.717) is 39.0 Å². The van der Waals surface area contributed by atoms with Gasteiger partial charge >= 0.3 is 0 Å². The fourth-order valence-corrected chi connectivity index (χ4v) is 3.62. The van der Waals surface area contributed by atoms with Gasteiger partial charge in [0.05, 0.1) is 11.5 Å². The smallest absolute Gasteiger partial charge is 0.263 e. The van der Waals surface area contributed by atoms with E-state index in [0.717, 1.165) is 11.1 Å². The molecule has 4 nitrogen and oxygen atoms in total. The Morgan fingerprint density at radius 3 is 2.73 bits per heavy atom. The van der Waals surface area contributed by atoms with E-state index in [-0.39, 0.29) is 5.91 Å². The second-order valence-electron chi connectivity index (χ2n) is 5.41. The Labute approximate surface area is 166 Å². The van der Waals surface area contributed by atoms with Crippen molar-refractivity contribution in [1.82, 2.24) is 5.32 Å². The Kier molecular flexibility index (Phi) is 6.19. The third-order valence-electron chi connectivity index (χ3n) is 3.49. The predicted molar refractivity (Wildman–Crippen MR) is 110 cm³/mol. The van der Waals surface area contributed by atoms with Gasteiger partial charge in [0.1, 0.15) is 10.9 Å². The molecule has 1 N–H and O–H groups in total. The lowest BCUT2D eigenvalue weighted by Gasteiger charge is -2.13. The van der Waals surface area contributed by atoms with Crippen molar-refractivity contribution in [1.29, 1.82) is 0 Å². The molecule has 7 heteroatoms. The minimum absolute atomic E-state index is 0.181. The number of benzene rings is 2. The van der Waals surface area contributed by atoms with E-state index in [1.54, 1.807) is 6.08 Å². The van der Waals surface area contributed by atoms with Crippen molar-refractivity contribution in [2.45, 2.75) is 13.5 Å². The summed E-state index contributed by atoms with van der Waals surface area (Å²) in [6.07, 6.45) is 1.78. The maximum Gasteiger partial charge on any atom is 0.263 e. The summed E-state index contributed by atoms with van der Waals surface area (Å²) in [5.74, 6) is 1.07. The Bertz CT molecular complexity index is 883. The number of hydrogen-bond acceptors (Lipinski definition) is 5. The van der Waals surface area contributed by atoms with E-state index < -0.39 is 0 Å². The van der Waals surface area contributed by atoms with Gasteiger partial charge in [-0.25, -0.2) is 0 Å². The zero-order chi connectivity index (χ0) is 18.5. The topological polar surface area (TPSA) is 47.6 Å². The van der Waals surface area contributed by atoms with Crippen molar-refractivity contribution in [2.24, 2.45) is 0 Å². The molecule has 0 radical (unpaired) electrons. The number of carbonyl (C=O) groups excluding carboxylic acids is 1. The molecule has 1 aliphatic heterocycles. The van der Waals surface area contributed by atoms with Crippen LogP contribution >= 0.6 is 35.6 Å². The van der Waals surface area contributed by atoms with Gasteiger partial charge in [-0.3, -0.25) is 4.79 Å². The molecule has 1 aliphatic rings. The van der Waals surface area contributed by atoms with Crippen LogP contribution in [0, 0.1) is 0 Å². The third-order valence-corrected chi connectivity index (χ3v) is 4.89. The Morgan fingerprint density at radius 2 is 2.04 bits per heavy atom. The maximum absolute atomic E-state index is 11.8. The monoisotopic (exact) mass is 405 g/mol. The largest absolute Gasteiger partial charge is 0.490 e. The van der Waals surface area contributed by atoms with Crippen LogP contribution in [0.1, 0.15) is 18.1 Å². The van der Waals surface area contributed by atoms with E-state index in [1.807, 2.05) is 49.4 Å². The van der Waals surface area contributed by atoms with Crippen LogP contribution in [0.2, 0.25) is 5.02 Å². The molecule has 1 saturated heterocycles. The normalized spacial score (nSPS) is 15.2.